The van der Waals surface area contributed by atoms with Crippen molar-refractivity contribution in [3.63, 3.8) is 0 Å². The second kappa shape index (κ2) is 5.75. The molecule has 1 amide bonds. The van der Waals surface area contributed by atoms with Crippen molar-refractivity contribution in [3.8, 4) is 5.75 Å². The van der Waals surface area contributed by atoms with Gasteiger partial charge in [0.2, 0.25) is 0 Å². The van der Waals surface area contributed by atoms with Crippen LogP contribution in [0, 0.1) is 10.1 Å². The lowest BCUT2D eigenvalue weighted by Gasteiger charge is -2.32. The van der Waals surface area contributed by atoms with Gasteiger partial charge in [-0.15, -0.1) is 0 Å². The van der Waals surface area contributed by atoms with Gasteiger partial charge in [-0.1, -0.05) is 0 Å². The van der Waals surface area contributed by atoms with E-state index in [2.05, 4.69) is 0 Å². The van der Waals surface area contributed by atoms with Crippen molar-refractivity contribution in [2.45, 2.75) is 18.7 Å². The highest BCUT2D eigenvalue weighted by Crippen LogP contribution is 2.34. The number of hydrogen-bond acceptors (Lipinski definition) is 5. The molecule has 9 heteroatoms. The van der Waals surface area contributed by atoms with Crippen LogP contribution in [0.25, 0.3) is 11.0 Å². The third kappa shape index (κ3) is 2.89. The molecule has 0 unspecified atom stereocenters. The Bertz CT molecular complexity index is 761. The lowest BCUT2D eigenvalue weighted by molar-refractivity contribution is -0.384. The Morgan fingerprint density at radius 2 is 2.30 bits per heavy atom. The summed E-state index contributed by atoms with van der Waals surface area (Å²) >= 11 is 0. The SMILES string of the molecule is O=C(O)N1CC[C@@H](Oc2cc([N+](=O)[O-])cc3ccoc23)[C@@H](F)C1. The van der Waals surface area contributed by atoms with E-state index in [9.17, 15) is 19.3 Å². The van der Waals surface area contributed by atoms with Gasteiger partial charge >= 0.3 is 6.09 Å². The number of nitrogens with zero attached hydrogens (tertiary/aromatic N) is 2. The Morgan fingerprint density at radius 3 is 2.96 bits per heavy atom. The molecule has 3 rings (SSSR count). The van der Waals surface area contributed by atoms with Gasteiger partial charge in [0, 0.05) is 24.4 Å². The highest BCUT2D eigenvalue weighted by Gasteiger charge is 2.33. The molecule has 0 spiro atoms. The molecule has 2 heterocycles. The molecular weight excluding hydrogens is 311 g/mol. The predicted molar refractivity (Wildman–Crippen MR) is 76.4 cm³/mol. The fourth-order valence-electron chi connectivity index (χ4n) is 2.58. The summed E-state index contributed by atoms with van der Waals surface area (Å²) in [7, 11) is 0. The van der Waals surface area contributed by atoms with Crippen molar-refractivity contribution >= 4 is 22.7 Å². The number of nitro groups is 1. The molecule has 1 N–H and O–H groups in total. The van der Waals surface area contributed by atoms with Crippen LogP contribution in [0.1, 0.15) is 6.42 Å². The van der Waals surface area contributed by atoms with Crippen LogP contribution in [0.4, 0.5) is 14.9 Å². The first-order valence-electron chi connectivity index (χ1n) is 6.90. The van der Waals surface area contributed by atoms with E-state index >= 15 is 0 Å². The maximum absolute atomic E-state index is 14.1. The zero-order valence-electron chi connectivity index (χ0n) is 11.8. The number of fused-ring (bicyclic) bond motifs is 1. The van der Waals surface area contributed by atoms with E-state index in [1.54, 1.807) is 6.07 Å². The number of carbonyl (C=O) groups is 1. The van der Waals surface area contributed by atoms with Gasteiger partial charge in [-0.3, -0.25) is 10.1 Å². The van der Waals surface area contributed by atoms with E-state index in [1.807, 2.05) is 0 Å². The van der Waals surface area contributed by atoms with Crippen LogP contribution in [0.3, 0.4) is 0 Å². The molecule has 0 radical (unpaired) electrons. The molecule has 122 valence electrons. The first kappa shape index (κ1) is 15.1. The van der Waals surface area contributed by atoms with Crippen molar-refractivity contribution in [2.24, 2.45) is 0 Å². The Hall–Kier alpha value is -2.84. The van der Waals surface area contributed by atoms with Crippen molar-refractivity contribution in [1.29, 1.82) is 0 Å². The summed E-state index contributed by atoms with van der Waals surface area (Å²) in [5.41, 5.74) is 0.107. The van der Waals surface area contributed by atoms with Gasteiger partial charge in [0.05, 0.1) is 23.8 Å². The number of alkyl halides is 1. The van der Waals surface area contributed by atoms with E-state index in [0.717, 1.165) is 4.90 Å². The lowest BCUT2D eigenvalue weighted by Crippen LogP contribution is -2.48. The molecule has 1 aliphatic rings. The summed E-state index contributed by atoms with van der Waals surface area (Å²) in [5.74, 6) is 0.0793. The first-order valence-corrected chi connectivity index (χ1v) is 6.90. The van der Waals surface area contributed by atoms with Gasteiger partial charge in [-0.25, -0.2) is 9.18 Å². The van der Waals surface area contributed by atoms with Gasteiger partial charge in [0.1, 0.15) is 6.10 Å². The maximum atomic E-state index is 14.1. The summed E-state index contributed by atoms with van der Waals surface area (Å²) < 4.78 is 24.9. The van der Waals surface area contributed by atoms with Gasteiger partial charge in [-0.05, 0) is 6.07 Å². The third-order valence-electron chi connectivity index (χ3n) is 3.74. The molecule has 1 fully saturated rings. The van der Waals surface area contributed by atoms with Crippen LogP contribution >= 0.6 is 0 Å². The van der Waals surface area contributed by atoms with Crippen LogP contribution in [0.5, 0.6) is 5.75 Å². The van der Waals surface area contributed by atoms with E-state index in [0.29, 0.717) is 11.0 Å². The summed E-state index contributed by atoms with van der Waals surface area (Å²) in [4.78, 5) is 22.2. The minimum absolute atomic E-state index is 0.0793. The summed E-state index contributed by atoms with van der Waals surface area (Å²) in [6.07, 6.45) is -2.08. The molecular formula is C14H13FN2O6. The number of ether oxygens (including phenoxy) is 1. The Morgan fingerprint density at radius 1 is 1.52 bits per heavy atom. The van der Waals surface area contributed by atoms with Crippen LogP contribution < -0.4 is 4.74 Å². The van der Waals surface area contributed by atoms with Gasteiger partial charge in [0.15, 0.2) is 17.5 Å². The number of rotatable bonds is 3. The molecule has 23 heavy (non-hydrogen) atoms. The van der Waals surface area contributed by atoms with E-state index < -0.39 is 23.3 Å². The predicted octanol–water partition coefficient (Wildman–Crippen LogP) is 2.81. The first-order chi connectivity index (χ1) is 11.0. The number of piperidine rings is 1. The van der Waals surface area contributed by atoms with Crippen LogP contribution in [-0.2, 0) is 0 Å². The van der Waals surface area contributed by atoms with Crippen molar-refractivity contribution in [1.82, 2.24) is 4.90 Å². The summed E-state index contributed by atoms with van der Waals surface area (Å²) in [6.45, 7) is -0.160. The molecule has 1 aromatic carbocycles. The average molecular weight is 324 g/mol. The molecule has 1 saturated heterocycles. The van der Waals surface area contributed by atoms with E-state index in [4.69, 9.17) is 14.3 Å². The Kier molecular flexibility index (Phi) is 3.77. The second-order valence-electron chi connectivity index (χ2n) is 5.23. The van der Waals surface area contributed by atoms with Gasteiger partial charge in [0.25, 0.3) is 5.69 Å². The standard InChI is InChI=1S/C14H13FN2O6/c15-10-7-16(14(18)19)3-1-11(10)23-12-6-9(17(20)21)5-8-2-4-22-13(8)12/h2,4-6,10-11H,1,3,7H2,(H,18,19)/t10-,11+/m0/s1. The second-order valence-corrected chi connectivity index (χ2v) is 5.23. The summed E-state index contributed by atoms with van der Waals surface area (Å²) in [6, 6.07) is 4.07. The molecule has 0 saturated carbocycles. The van der Waals surface area contributed by atoms with Crippen LogP contribution in [0.2, 0.25) is 0 Å². The highest BCUT2D eigenvalue weighted by atomic mass is 19.1. The molecule has 8 nitrogen and oxygen atoms in total. The number of halogens is 1. The topological polar surface area (TPSA) is 106 Å². The van der Waals surface area contributed by atoms with Crippen molar-refractivity contribution in [3.05, 3.63) is 34.6 Å². The highest BCUT2D eigenvalue weighted by molar-refractivity contribution is 5.85. The quantitative estimate of drug-likeness (QED) is 0.687. The smallest absolute Gasteiger partial charge is 0.407 e. The van der Waals surface area contributed by atoms with Crippen LogP contribution in [-0.4, -0.2) is 46.4 Å². The molecule has 0 aliphatic carbocycles. The number of nitro benzene ring substituents is 1. The minimum Gasteiger partial charge on any atom is -0.483 e. The molecule has 1 aliphatic heterocycles. The average Bonchev–Trinajstić information content (AvgIpc) is 2.97. The number of benzene rings is 1. The minimum atomic E-state index is -1.52. The molecule has 0 bridgehead atoms. The monoisotopic (exact) mass is 324 g/mol. The van der Waals surface area contributed by atoms with Gasteiger partial charge in [-0.2, -0.15) is 0 Å². The fourth-order valence-corrected chi connectivity index (χ4v) is 2.58. The van der Waals surface area contributed by atoms with Crippen molar-refractivity contribution < 1.29 is 28.4 Å². The zero-order chi connectivity index (χ0) is 16.6. The Balaban J connectivity index is 1.85. The molecule has 1 aromatic heterocycles. The maximum Gasteiger partial charge on any atom is 0.407 e. The Labute approximate surface area is 129 Å². The molecule has 2 aromatic rings. The number of furan rings is 1. The normalized spacial score (nSPS) is 21.3. The lowest BCUT2D eigenvalue weighted by atomic mass is 10.1. The molecule has 2 atom stereocenters. The van der Waals surface area contributed by atoms with Crippen LogP contribution in [0.15, 0.2) is 28.9 Å². The number of hydrogen-bond donors (Lipinski definition) is 1. The van der Waals surface area contributed by atoms with E-state index in [1.165, 1.54) is 18.4 Å². The fraction of sp³-hybridized carbons (Fsp3) is 0.357. The zero-order valence-corrected chi connectivity index (χ0v) is 11.8. The summed E-state index contributed by atoms with van der Waals surface area (Å²) in [5, 5.41) is 20.3. The largest absolute Gasteiger partial charge is 0.483 e. The number of carboxylic acid groups (broad SMARTS) is 1. The number of amides is 1. The third-order valence-corrected chi connectivity index (χ3v) is 3.74. The van der Waals surface area contributed by atoms with E-state index in [-0.39, 0.29) is 30.9 Å². The van der Waals surface area contributed by atoms with Crippen molar-refractivity contribution in [2.75, 3.05) is 13.1 Å². The van der Waals surface area contributed by atoms with Gasteiger partial charge < -0.3 is 19.2 Å². The number of non-ortho nitro benzene ring substituents is 1. The number of likely N-dealkylation sites (tertiary alicyclic amines) is 1.